The van der Waals surface area contributed by atoms with Crippen LogP contribution in [0, 0.1) is 0 Å². The third-order valence-electron chi connectivity index (χ3n) is 1.79. The first-order valence-electron chi connectivity index (χ1n) is 4.46. The van der Waals surface area contributed by atoms with Gasteiger partial charge in [-0.3, -0.25) is 0 Å². The zero-order chi connectivity index (χ0) is 10.2. The van der Waals surface area contributed by atoms with E-state index in [2.05, 4.69) is 0 Å². The third kappa shape index (κ3) is 3.68. The van der Waals surface area contributed by atoms with Gasteiger partial charge < -0.3 is 14.3 Å². The van der Waals surface area contributed by atoms with Gasteiger partial charge in [0.15, 0.2) is 6.29 Å². The number of hydrogen-bond donors (Lipinski definition) is 0. The molecule has 0 aliphatic rings. The maximum absolute atomic E-state index is 10.5. The summed E-state index contributed by atoms with van der Waals surface area (Å²) >= 11 is 0. The molecule has 0 saturated carbocycles. The fraction of sp³-hybridized carbons (Fsp3) is 0.364. The molecule has 1 atom stereocenters. The Kier molecular flexibility index (Phi) is 4.89. The van der Waals surface area contributed by atoms with E-state index in [1.165, 1.54) is 0 Å². The van der Waals surface area contributed by atoms with Gasteiger partial charge in [-0.1, -0.05) is 30.3 Å². The Hall–Kier alpha value is -1.19. The van der Waals surface area contributed by atoms with Gasteiger partial charge in [0.25, 0.3) is 0 Å². The first-order valence-corrected chi connectivity index (χ1v) is 4.46. The van der Waals surface area contributed by atoms with Gasteiger partial charge in [0.2, 0.25) is 0 Å². The van der Waals surface area contributed by atoms with E-state index in [4.69, 9.17) is 9.47 Å². The largest absolute Gasteiger partial charge is 0.382 e. The molecule has 1 aromatic rings. The molecule has 0 bridgehead atoms. The minimum atomic E-state index is -0.472. The van der Waals surface area contributed by atoms with Gasteiger partial charge in [-0.15, -0.1) is 0 Å². The molecule has 3 heteroatoms. The van der Waals surface area contributed by atoms with E-state index >= 15 is 0 Å². The lowest BCUT2D eigenvalue weighted by Crippen LogP contribution is -2.20. The first kappa shape index (κ1) is 10.9. The van der Waals surface area contributed by atoms with Crippen molar-refractivity contribution in [3.8, 4) is 0 Å². The van der Waals surface area contributed by atoms with Crippen molar-refractivity contribution in [2.45, 2.75) is 12.7 Å². The van der Waals surface area contributed by atoms with Crippen molar-refractivity contribution in [2.24, 2.45) is 0 Å². The lowest BCUT2D eigenvalue weighted by molar-refractivity contribution is -0.122. The van der Waals surface area contributed by atoms with E-state index in [1.54, 1.807) is 7.11 Å². The zero-order valence-electron chi connectivity index (χ0n) is 8.18. The molecule has 0 saturated heterocycles. The highest BCUT2D eigenvalue weighted by atomic mass is 16.5. The Morgan fingerprint density at radius 3 is 2.64 bits per heavy atom. The van der Waals surface area contributed by atoms with Crippen LogP contribution in [0.25, 0.3) is 0 Å². The molecule has 0 fully saturated rings. The second kappa shape index (κ2) is 6.29. The Balaban J connectivity index is 2.35. The lowest BCUT2D eigenvalue weighted by atomic mass is 10.2. The quantitative estimate of drug-likeness (QED) is 0.642. The Morgan fingerprint density at radius 2 is 2.07 bits per heavy atom. The standard InChI is InChI=1S/C11H14O3/c1-13-9-11(7-12)14-8-10-5-3-2-4-6-10/h2-7,11H,8-9H2,1H3. The summed E-state index contributed by atoms with van der Waals surface area (Å²) in [6.07, 6.45) is 0.284. The second-order valence-corrected chi connectivity index (χ2v) is 2.93. The van der Waals surface area contributed by atoms with Crippen molar-refractivity contribution in [1.82, 2.24) is 0 Å². The lowest BCUT2D eigenvalue weighted by Gasteiger charge is -2.10. The van der Waals surface area contributed by atoms with Gasteiger partial charge in [0.05, 0.1) is 13.2 Å². The summed E-state index contributed by atoms with van der Waals surface area (Å²) in [6, 6.07) is 9.72. The number of rotatable bonds is 6. The molecular formula is C11H14O3. The van der Waals surface area contributed by atoms with E-state index in [9.17, 15) is 4.79 Å². The van der Waals surface area contributed by atoms with Crippen LogP contribution in [0.2, 0.25) is 0 Å². The van der Waals surface area contributed by atoms with Crippen LogP contribution in [0.3, 0.4) is 0 Å². The normalized spacial score (nSPS) is 12.4. The number of ether oxygens (including phenoxy) is 2. The van der Waals surface area contributed by atoms with Crippen molar-refractivity contribution in [3.05, 3.63) is 35.9 Å². The third-order valence-corrected chi connectivity index (χ3v) is 1.79. The number of benzene rings is 1. The summed E-state index contributed by atoms with van der Waals surface area (Å²) in [5.41, 5.74) is 1.05. The highest BCUT2D eigenvalue weighted by Crippen LogP contribution is 2.02. The summed E-state index contributed by atoms with van der Waals surface area (Å²) < 4.78 is 10.2. The smallest absolute Gasteiger partial charge is 0.151 e. The molecule has 0 amide bonds. The van der Waals surface area contributed by atoms with Crippen LogP contribution in [0.5, 0.6) is 0 Å². The molecule has 0 radical (unpaired) electrons. The van der Waals surface area contributed by atoms with E-state index < -0.39 is 6.10 Å². The van der Waals surface area contributed by atoms with Crippen LogP contribution >= 0.6 is 0 Å². The summed E-state index contributed by atoms with van der Waals surface area (Å²) in [5, 5.41) is 0. The van der Waals surface area contributed by atoms with E-state index in [1.807, 2.05) is 30.3 Å². The van der Waals surface area contributed by atoms with Gasteiger partial charge in [-0.2, -0.15) is 0 Å². The van der Waals surface area contributed by atoms with Crippen LogP contribution in [0.1, 0.15) is 5.56 Å². The Bertz CT molecular complexity index is 258. The van der Waals surface area contributed by atoms with Gasteiger partial charge in [0.1, 0.15) is 6.10 Å². The van der Waals surface area contributed by atoms with Crippen molar-refractivity contribution < 1.29 is 14.3 Å². The Morgan fingerprint density at radius 1 is 1.36 bits per heavy atom. The van der Waals surface area contributed by atoms with Gasteiger partial charge in [-0.05, 0) is 5.56 Å². The minimum Gasteiger partial charge on any atom is -0.382 e. The first-order chi connectivity index (χ1) is 6.86. The van der Waals surface area contributed by atoms with E-state index in [-0.39, 0.29) is 0 Å². The average molecular weight is 194 g/mol. The van der Waals surface area contributed by atoms with E-state index in [0.29, 0.717) is 13.2 Å². The number of aldehydes is 1. The molecular weight excluding hydrogens is 180 g/mol. The van der Waals surface area contributed by atoms with Crippen LogP contribution in [0.4, 0.5) is 0 Å². The molecule has 76 valence electrons. The van der Waals surface area contributed by atoms with Crippen molar-refractivity contribution in [1.29, 1.82) is 0 Å². The maximum Gasteiger partial charge on any atom is 0.151 e. The molecule has 14 heavy (non-hydrogen) atoms. The number of methoxy groups -OCH3 is 1. The van der Waals surface area contributed by atoms with Crippen LogP contribution in [-0.2, 0) is 20.9 Å². The molecule has 1 rings (SSSR count). The second-order valence-electron chi connectivity index (χ2n) is 2.93. The summed E-state index contributed by atoms with van der Waals surface area (Å²) in [5.74, 6) is 0. The molecule has 0 heterocycles. The number of carbonyl (C=O) groups is 1. The molecule has 0 spiro atoms. The molecule has 1 unspecified atom stereocenters. The van der Waals surface area contributed by atoms with Crippen molar-refractivity contribution in [2.75, 3.05) is 13.7 Å². The van der Waals surface area contributed by atoms with Gasteiger partial charge >= 0.3 is 0 Å². The van der Waals surface area contributed by atoms with Crippen molar-refractivity contribution in [3.63, 3.8) is 0 Å². The molecule has 0 aromatic heterocycles. The maximum atomic E-state index is 10.5. The van der Waals surface area contributed by atoms with Crippen LogP contribution in [0.15, 0.2) is 30.3 Å². The minimum absolute atomic E-state index is 0.302. The fourth-order valence-electron chi connectivity index (χ4n) is 1.07. The summed E-state index contributed by atoms with van der Waals surface area (Å²) in [7, 11) is 1.54. The van der Waals surface area contributed by atoms with Crippen LogP contribution < -0.4 is 0 Å². The van der Waals surface area contributed by atoms with Gasteiger partial charge in [-0.25, -0.2) is 0 Å². The highest BCUT2D eigenvalue weighted by Gasteiger charge is 2.06. The molecule has 1 aromatic carbocycles. The number of hydrogen-bond acceptors (Lipinski definition) is 3. The SMILES string of the molecule is COCC(C=O)OCc1ccccc1. The van der Waals surface area contributed by atoms with E-state index in [0.717, 1.165) is 11.8 Å². The molecule has 0 N–H and O–H groups in total. The zero-order valence-corrected chi connectivity index (χ0v) is 8.18. The topological polar surface area (TPSA) is 35.5 Å². The predicted octanol–water partition coefficient (Wildman–Crippen LogP) is 1.42. The molecule has 0 aliphatic heterocycles. The van der Waals surface area contributed by atoms with Crippen LogP contribution in [-0.4, -0.2) is 26.1 Å². The summed E-state index contributed by atoms with van der Waals surface area (Å²) in [4.78, 5) is 10.5. The number of carbonyl (C=O) groups excluding carboxylic acids is 1. The predicted molar refractivity (Wildman–Crippen MR) is 53.0 cm³/mol. The molecule has 3 nitrogen and oxygen atoms in total. The van der Waals surface area contributed by atoms with Gasteiger partial charge in [0, 0.05) is 7.11 Å². The fourth-order valence-corrected chi connectivity index (χ4v) is 1.07. The highest BCUT2D eigenvalue weighted by molar-refractivity contribution is 5.56. The molecule has 0 aliphatic carbocycles. The average Bonchev–Trinajstić information content (AvgIpc) is 2.25. The Labute approximate surface area is 83.6 Å². The van der Waals surface area contributed by atoms with Crippen molar-refractivity contribution >= 4 is 6.29 Å². The monoisotopic (exact) mass is 194 g/mol. The summed E-state index contributed by atoms with van der Waals surface area (Å²) in [6.45, 7) is 0.740.